The van der Waals surface area contributed by atoms with Gasteiger partial charge in [0.1, 0.15) is 16.3 Å². The number of aromatic nitrogens is 3. The molecule has 4 N–H and O–H groups in total. The van der Waals surface area contributed by atoms with Crippen LogP contribution < -0.4 is 21.3 Å². The van der Waals surface area contributed by atoms with Crippen LogP contribution in [0.5, 0.6) is 0 Å². The fraction of sp³-hybridized carbons (Fsp3) is 0.190. The number of carbonyl (C=O) groups excluding carboxylic acids is 2. The van der Waals surface area contributed by atoms with Gasteiger partial charge in [-0.05, 0) is 42.8 Å². The maximum atomic E-state index is 12.6. The van der Waals surface area contributed by atoms with Gasteiger partial charge >= 0.3 is 0 Å². The van der Waals surface area contributed by atoms with Crippen LogP contribution in [-0.4, -0.2) is 46.4 Å². The molecule has 11 heteroatoms. The van der Waals surface area contributed by atoms with Crippen LogP contribution in [0.1, 0.15) is 27.0 Å². The van der Waals surface area contributed by atoms with Gasteiger partial charge in [-0.3, -0.25) is 9.59 Å². The third-order valence-corrected chi connectivity index (χ3v) is 6.68. The number of primary amides is 1. The van der Waals surface area contributed by atoms with Crippen molar-refractivity contribution in [2.24, 2.45) is 5.73 Å². The van der Waals surface area contributed by atoms with Crippen LogP contribution in [0, 0.1) is 0 Å². The van der Waals surface area contributed by atoms with Crippen molar-refractivity contribution in [2.75, 3.05) is 23.8 Å². The highest BCUT2D eigenvalue weighted by Gasteiger charge is 2.25. The molecule has 0 radical (unpaired) electrons. The first kappa shape index (κ1) is 20.4. The van der Waals surface area contributed by atoms with Gasteiger partial charge < -0.3 is 21.3 Å². The number of nitrogens with two attached hydrogens (primary N) is 1. The van der Waals surface area contributed by atoms with E-state index in [4.69, 9.17) is 22.3 Å². The van der Waals surface area contributed by atoms with Crippen molar-refractivity contribution in [3.05, 3.63) is 46.2 Å². The molecule has 32 heavy (non-hydrogen) atoms. The SMILES string of the molecule is C[C@H]1CNc2c(sc3ccc4nc(N(C)c5nc(Cl)ncc5C(N)=O)ccc4c23)C(=O)N1. The summed E-state index contributed by atoms with van der Waals surface area (Å²) in [5.74, 6) is 0.0817. The van der Waals surface area contributed by atoms with Gasteiger partial charge in [0, 0.05) is 41.3 Å². The van der Waals surface area contributed by atoms with Gasteiger partial charge in [-0.15, -0.1) is 11.3 Å². The molecule has 0 unspecified atom stereocenters. The van der Waals surface area contributed by atoms with E-state index < -0.39 is 5.91 Å². The summed E-state index contributed by atoms with van der Waals surface area (Å²) in [5, 5.41) is 8.30. The molecule has 4 aromatic rings. The van der Waals surface area contributed by atoms with Gasteiger partial charge in [-0.1, -0.05) is 0 Å². The Labute approximate surface area is 191 Å². The number of fused-ring (bicyclic) bond motifs is 5. The van der Waals surface area contributed by atoms with E-state index in [1.165, 1.54) is 17.5 Å². The average Bonchev–Trinajstić information content (AvgIpc) is 3.09. The zero-order chi connectivity index (χ0) is 22.6. The number of hydrogen-bond donors (Lipinski definition) is 3. The molecule has 4 heterocycles. The van der Waals surface area contributed by atoms with Crippen LogP contribution in [0.4, 0.5) is 17.3 Å². The molecule has 1 atom stereocenters. The van der Waals surface area contributed by atoms with Crippen LogP contribution in [0.15, 0.2) is 30.5 Å². The molecule has 9 nitrogen and oxygen atoms in total. The Morgan fingerprint density at radius 1 is 1.28 bits per heavy atom. The summed E-state index contributed by atoms with van der Waals surface area (Å²) in [7, 11) is 1.72. The first-order chi connectivity index (χ1) is 15.3. The van der Waals surface area contributed by atoms with Crippen LogP contribution in [0.2, 0.25) is 5.28 Å². The van der Waals surface area contributed by atoms with E-state index >= 15 is 0 Å². The van der Waals surface area contributed by atoms with Crippen molar-refractivity contribution in [1.82, 2.24) is 20.3 Å². The molecule has 1 aromatic carbocycles. The van der Waals surface area contributed by atoms with Crippen molar-refractivity contribution in [1.29, 1.82) is 0 Å². The van der Waals surface area contributed by atoms with Crippen LogP contribution in [0.25, 0.3) is 21.0 Å². The van der Waals surface area contributed by atoms with Crippen LogP contribution in [-0.2, 0) is 0 Å². The molecule has 1 aliphatic rings. The Morgan fingerprint density at radius 2 is 2.09 bits per heavy atom. The van der Waals surface area contributed by atoms with E-state index in [0.717, 1.165) is 26.7 Å². The van der Waals surface area contributed by atoms with Crippen molar-refractivity contribution in [3.63, 3.8) is 0 Å². The molecular formula is C21H18ClN7O2S. The minimum absolute atomic E-state index is 0.00102. The predicted octanol–water partition coefficient (Wildman–Crippen LogP) is 3.30. The Balaban J connectivity index is 1.65. The van der Waals surface area contributed by atoms with E-state index in [1.807, 2.05) is 31.2 Å². The smallest absolute Gasteiger partial charge is 0.263 e. The summed E-state index contributed by atoms with van der Waals surface area (Å²) >= 11 is 7.40. The first-order valence-electron chi connectivity index (χ1n) is 9.80. The Kier molecular flexibility index (Phi) is 4.83. The van der Waals surface area contributed by atoms with Gasteiger partial charge in [-0.2, -0.15) is 4.98 Å². The molecule has 2 amide bonds. The van der Waals surface area contributed by atoms with Crippen molar-refractivity contribution < 1.29 is 9.59 Å². The minimum Gasteiger partial charge on any atom is -0.381 e. The molecule has 3 aromatic heterocycles. The molecule has 0 saturated carbocycles. The second-order valence-corrected chi connectivity index (χ2v) is 8.93. The molecule has 0 spiro atoms. The summed E-state index contributed by atoms with van der Waals surface area (Å²) in [6, 6.07) is 7.68. The van der Waals surface area contributed by atoms with Crippen LogP contribution in [0.3, 0.4) is 0 Å². The largest absolute Gasteiger partial charge is 0.381 e. The second-order valence-electron chi connectivity index (χ2n) is 7.54. The standard InChI is InChI=1S/C21H18ClN7O2S/c1-9-7-24-16-15-10-3-6-14(29(2)19-11(18(23)30)8-25-21(22)28-19)27-12(10)4-5-13(15)32-17(16)20(31)26-9/h3-6,8-9,24H,7H2,1-2H3,(H2,23,30)(H,26,31)/t9-/m0/s1. The number of halogens is 1. The Bertz CT molecular complexity index is 1420. The lowest BCUT2D eigenvalue weighted by molar-refractivity contribution is 0.0948. The predicted molar refractivity (Wildman–Crippen MR) is 126 cm³/mol. The number of thiophene rings is 1. The Hall–Kier alpha value is -3.50. The fourth-order valence-electron chi connectivity index (χ4n) is 3.79. The number of amides is 2. The maximum absolute atomic E-state index is 12.6. The summed E-state index contributed by atoms with van der Waals surface area (Å²) < 4.78 is 1.00. The zero-order valence-electron chi connectivity index (χ0n) is 17.1. The number of anilines is 3. The van der Waals surface area contributed by atoms with Crippen LogP contribution >= 0.6 is 22.9 Å². The van der Waals surface area contributed by atoms with E-state index in [-0.39, 0.29) is 28.6 Å². The molecular weight excluding hydrogens is 450 g/mol. The van der Waals surface area contributed by atoms with Crippen molar-refractivity contribution in [3.8, 4) is 0 Å². The molecule has 0 saturated heterocycles. The summed E-state index contributed by atoms with van der Waals surface area (Å²) in [6.07, 6.45) is 1.30. The number of pyridine rings is 1. The highest BCUT2D eigenvalue weighted by Crippen LogP contribution is 2.41. The molecule has 1 aliphatic heterocycles. The van der Waals surface area contributed by atoms with Gasteiger partial charge in [-0.25, -0.2) is 9.97 Å². The third-order valence-electron chi connectivity index (χ3n) is 5.34. The summed E-state index contributed by atoms with van der Waals surface area (Å²) in [6.45, 7) is 2.60. The van der Waals surface area contributed by atoms with Gasteiger partial charge in [0.05, 0.1) is 11.2 Å². The lowest BCUT2D eigenvalue weighted by Crippen LogP contribution is -2.34. The molecule has 0 fully saturated rings. The monoisotopic (exact) mass is 467 g/mol. The van der Waals surface area contributed by atoms with Gasteiger partial charge in [0.2, 0.25) is 5.28 Å². The molecule has 5 rings (SSSR count). The van der Waals surface area contributed by atoms with Crippen molar-refractivity contribution in [2.45, 2.75) is 13.0 Å². The number of nitrogens with zero attached hydrogens (tertiary/aromatic N) is 4. The quantitative estimate of drug-likeness (QED) is 0.394. The summed E-state index contributed by atoms with van der Waals surface area (Å²) in [5.41, 5.74) is 7.18. The molecule has 162 valence electrons. The van der Waals surface area contributed by atoms with Gasteiger partial charge in [0.15, 0.2) is 5.82 Å². The van der Waals surface area contributed by atoms with E-state index in [0.29, 0.717) is 17.2 Å². The fourth-order valence-corrected chi connectivity index (χ4v) is 5.02. The lowest BCUT2D eigenvalue weighted by Gasteiger charge is -2.19. The average molecular weight is 468 g/mol. The topological polar surface area (TPSA) is 126 Å². The summed E-state index contributed by atoms with van der Waals surface area (Å²) in [4.78, 5) is 39.5. The van der Waals surface area contributed by atoms with E-state index in [2.05, 4.69) is 20.6 Å². The highest BCUT2D eigenvalue weighted by molar-refractivity contribution is 7.21. The maximum Gasteiger partial charge on any atom is 0.263 e. The zero-order valence-corrected chi connectivity index (χ0v) is 18.7. The number of hydrogen-bond acceptors (Lipinski definition) is 8. The first-order valence-corrected chi connectivity index (χ1v) is 11.0. The highest BCUT2D eigenvalue weighted by atomic mass is 35.5. The molecule has 0 aliphatic carbocycles. The second kappa shape index (κ2) is 7.57. The lowest BCUT2D eigenvalue weighted by atomic mass is 10.1. The Morgan fingerprint density at radius 3 is 2.88 bits per heavy atom. The van der Waals surface area contributed by atoms with E-state index in [1.54, 1.807) is 11.9 Å². The van der Waals surface area contributed by atoms with Gasteiger partial charge in [0.25, 0.3) is 11.8 Å². The number of carbonyl (C=O) groups is 2. The number of rotatable bonds is 3. The minimum atomic E-state index is -0.662. The normalized spacial score (nSPS) is 15.7. The number of benzene rings is 1. The van der Waals surface area contributed by atoms with E-state index in [9.17, 15) is 9.59 Å². The number of nitrogens with one attached hydrogen (secondary N) is 2. The van der Waals surface area contributed by atoms with Crippen molar-refractivity contribution >= 4 is 73.1 Å². The third kappa shape index (κ3) is 3.28. The molecule has 0 bridgehead atoms.